The van der Waals surface area contributed by atoms with E-state index in [0.29, 0.717) is 6.04 Å². The maximum atomic E-state index is 3.75. The molecule has 0 aromatic heterocycles. The molecule has 1 heterocycles. The molecule has 3 nitrogen and oxygen atoms in total. The van der Waals surface area contributed by atoms with Crippen molar-refractivity contribution in [3.8, 4) is 0 Å². The number of rotatable bonds is 5. The van der Waals surface area contributed by atoms with Crippen LogP contribution >= 0.6 is 0 Å². The van der Waals surface area contributed by atoms with Crippen LogP contribution in [0.4, 0.5) is 0 Å². The summed E-state index contributed by atoms with van der Waals surface area (Å²) in [5.74, 6) is 0. The van der Waals surface area contributed by atoms with Crippen LogP contribution < -0.4 is 5.32 Å². The molecule has 2 fully saturated rings. The van der Waals surface area contributed by atoms with Gasteiger partial charge in [-0.3, -0.25) is 4.90 Å². The van der Waals surface area contributed by atoms with E-state index in [9.17, 15) is 0 Å². The molecule has 0 amide bonds. The summed E-state index contributed by atoms with van der Waals surface area (Å²) in [7, 11) is 0. The van der Waals surface area contributed by atoms with Crippen molar-refractivity contribution >= 4 is 0 Å². The van der Waals surface area contributed by atoms with Gasteiger partial charge >= 0.3 is 0 Å². The molecule has 0 aromatic carbocycles. The third-order valence-corrected chi connectivity index (χ3v) is 4.53. The van der Waals surface area contributed by atoms with Crippen molar-refractivity contribution in [2.75, 3.05) is 39.3 Å². The van der Waals surface area contributed by atoms with Gasteiger partial charge in [0.1, 0.15) is 0 Å². The van der Waals surface area contributed by atoms with Gasteiger partial charge in [-0.1, -0.05) is 19.8 Å². The van der Waals surface area contributed by atoms with Crippen LogP contribution in [-0.2, 0) is 0 Å². The Kier molecular flexibility index (Phi) is 5.26. The number of nitrogens with one attached hydrogen (secondary N) is 1. The molecule has 1 aliphatic carbocycles. The molecule has 3 heteroatoms. The fourth-order valence-electron chi connectivity index (χ4n) is 3.12. The Bertz CT molecular complexity index is 206. The summed E-state index contributed by atoms with van der Waals surface area (Å²) in [6, 6.07) is 1.52. The molecule has 0 bridgehead atoms. The average Bonchev–Trinajstić information content (AvgIpc) is 2.89. The molecule has 1 N–H and O–H groups in total. The molecule has 1 aliphatic heterocycles. The topological polar surface area (TPSA) is 18.5 Å². The van der Waals surface area contributed by atoms with Crippen LogP contribution in [0.1, 0.15) is 39.5 Å². The zero-order valence-corrected chi connectivity index (χ0v) is 11.6. The largest absolute Gasteiger partial charge is 0.312 e. The Morgan fingerprint density at radius 2 is 1.76 bits per heavy atom. The third kappa shape index (κ3) is 3.94. The molecule has 100 valence electrons. The Balaban J connectivity index is 1.64. The van der Waals surface area contributed by atoms with E-state index in [-0.39, 0.29) is 0 Å². The standard InChI is InChI=1S/C14H29N3/c1-3-16-8-10-17(11-9-16)13(2)12-15-14-6-4-5-7-14/h13-15H,3-12H2,1-2H3. The first kappa shape index (κ1) is 13.3. The minimum atomic E-state index is 0.703. The lowest BCUT2D eigenvalue weighted by Gasteiger charge is -2.38. The van der Waals surface area contributed by atoms with Gasteiger partial charge in [0, 0.05) is 44.8 Å². The van der Waals surface area contributed by atoms with E-state index in [2.05, 4.69) is 29.0 Å². The lowest BCUT2D eigenvalue weighted by atomic mass is 10.2. The first-order chi connectivity index (χ1) is 8.29. The van der Waals surface area contributed by atoms with Crippen LogP contribution in [0.5, 0.6) is 0 Å². The highest BCUT2D eigenvalue weighted by atomic mass is 15.3. The zero-order valence-electron chi connectivity index (χ0n) is 11.6. The van der Waals surface area contributed by atoms with E-state index >= 15 is 0 Å². The van der Waals surface area contributed by atoms with Crippen molar-refractivity contribution in [2.24, 2.45) is 0 Å². The van der Waals surface area contributed by atoms with Crippen molar-refractivity contribution in [1.82, 2.24) is 15.1 Å². The van der Waals surface area contributed by atoms with Gasteiger partial charge in [-0.25, -0.2) is 0 Å². The molecule has 1 atom stereocenters. The van der Waals surface area contributed by atoms with E-state index < -0.39 is 0 Å². The van der Waals surface area contributed by atoms with Gasteiger partial charge in [0.15, 0.2) is 0 Å². The van der Waals surface area contributed by atoms with Gasteiger partial charge in [0.05, 0.1) is 0 Å². The summed E-state index contributed by atoms with van der Waals surface area (Å²) in [5.41, 5.74) is 0. The summed E-state index contributed by atoms with van der Waals surface area (Å²) in [6.07, 6.45) is 5.66. The minimum Gasteiger partial charge on any atom is -0.312 e. The number of hydrogen-bond donors (Lipinski definition) is 1. The monoisotopic (exact) mass is 239 g/mol. The van der Waals surface area contributed by atoms with Crippen molar-refractivity contribution in [3.05, 3.63) is 0 Å². The summed E-state index contributed by atoms with van der Waals surface area (Å²) >= 11 is 0. The van der Waals surface area contributed by atoms with Crippen LogP contribution in [0.25, 0.3) is 0 Å². The minimum absolute atomic E-state index is 0.703. The second-order valence-electron chi connectivity index (χ2n) is 5.71. The summed E-state index contributed by atoms with van der Waals surface area (Å²) in [5, 5.41) is 3.75. The summed E-state index contributed by atoms with van der Waals surface area (Å²) in [4.78, 5) is 5.20. The lowest BCUT2D eigenvalue weighted by Crippen LogP contribution is -2.52. The van der Waals surface area contributed by atoms with Crippen molar-refractivity contribution in [1.29, 1.82) is 0 Å². The van der Waals surface area contributed by atoms with Gasteiger partial charge in [0.25, 0.3) is 0 Å². The quantitative estimate of drug-likeness (QED) is 0.785. The van der Waals surface area contributed by atoms with Gasteiger partial charge in [-0.2, -0.15) is 0 Å². The molecular weight excluding hydrogens is 210 g/mol. The average molecular weight is 239 g/mol. The molecule has 0 spiro atoms. The predicted molar refractivity (Wildman–Crippen MR) is 73.4 cm³/mol. The Labute approximate surface area is 107 Å². The van der Waals surface area contributed by atoms with Crippen molar-refractivity contribution in [3.63, 3.8) is 0 Å². The second kappa shape index (κ2) is 6.72. The van der Waals surface area contributed by atoms with Gasteiger partial charge in [-0.15, -0.1) is 0 Å². The first-order valence-corrected chi connectivity index (χ1v) is 7.49. The second-order valence-corrected chi connectivity index (χ2v) is 5.71. The van der Waals surface area contributed by atoms with Gasteiger partial charge in [0.2, 0.25) is 0 Å². The Hall–Kier alpha value is -0.120. The third-order valence-electron chi connectivity index (χ3n) is 4.53. The van der Waals surface area contributed by atoms with Gasteiger partial charge in [-0.05, 0) is 26.3 Å². The van der Waals surface area contributed by atoms with E-state index in [0.717, 1.165) is 6.04 Å². The first-order valence-electron chi connectivity index (χ1n) is 7.49. The maximum Gasteiger partial charge on any atom is 0.0193 e. The molecule has 0 radical (unpaired) electrons. The molecular formula is C14H29N3. The van der Waals surface area contributed by atoms with Gasteiger partial charge < -0.3 is 10.2 Å². The van der Waals surface area contributed by atoms with E-state index in [1.165, 1.54) is 65.0 Å². The summed E-state index contributed by atoms with van der Waals surface area (Å²) in [6.45, 7) is 12.0. The highest BCUT2D eigenvalue weighted by Crippen LogP contribution is 2.17. The molecule has 1 saturated carbocycles. The molecule has 1 unspecified atom stereocenters. The van der Waals surface area contributed by atoms with Crippen LogP contribution in [0.2, 0.25) is 0 Å². The molecule has 2 aliphatic rings. The fourth-order valence-corrected chi connectivity index (χ4v) is 3.12. The molecule has 1 saturated heterocycles. The molecule has 0 aromatic rings. The lowest BCUT2D eigenvalue weighted by molar-refractivity contribution is 0.104. The Morgan fingerprint density at radius 1 is 1.12 bits per heavy atom. The van der Waals surface area contributed by atoms with Crippen LogP contribution in [0, 0.1) is 0 Å². The number of likely N-dealkylation sites (N-methyl/N-ethyl adjacent to an activating group) is 1. The summed E-state index contributed by atoms with van der Waals surface area (Å²) < 4.78 is 0. The van der Waals surface area contributed by atoms with Crippen LogP contribution in [0.3, 0.4) is 0 Å². The number of hydrogen-bond acceptors (Lipinski definition) is 3. The predicted octanol–water partition coefficient (Wildman–Crippen LogP) is 1.54. The van der Waals surface area contributed by atoms with E-state index in [1.54, 1.807) is 0 Å². The maximum absolute atomic E-state index is 3.75. The zero-order chi connectivity index (χ0) is 12.1. The van der Waals surface area contributed by atoms with Crippen LogP contribution in [-0.4, -0.2) is 61.2 Å². The fraction of sp³-hybridized carbons (Fsp3) is 1.00. The van der Waals surface area contributed by atoms with Crippen molar-refractivity contribution in [2.45, 2.75) is 51.6 Å². The van der Waals surface area contributed by atoms with E-state index in [4.69, 9.17) is 0 Å². The SMILES string of the molecule is CCN1CCN(C(C)CNC2CCCC2)CC1. The highest BCUT2D eigenvalue weighted by molar-refractivity contribution is 4.80. The normalized spacial score (nSPS) is 26.5. The Morgan fingerprint density at radius 3 is 2.35 bits per heavy atom. The number of nitrogens with zero attached hydrogens (tertiary/aromatic N) is 2. The highest BCUT2D eigenvalue weighted by Gasteiger charge is 2.21. The molecule has 17 heavy (non-hydrogen) atoms. The number of piperazine rings is 1. The molecule has 2 rings (SSSR count). The van der Waals surface area contributed by atoms with E-state index in [1.807, 2.05) is 0 Å². The van der Waals surface area contributed by atoms with Crippen LogP contribution in [0.15, 0.2) is 0 Å². The smallest absolute Gasteiger partial charge is 0.0193 e. The van der Waals surface area contributed by atoms with Crippen molar-refractivity contribution < 1.29 is 0 Å².